The summed E-state index contributed by atoms with van der Waals surface area (Å²) in [7, 11) is 0. The van der Waals surface area contributed by atoms with Gasteiger partial charge in [-0.3, -0.25) is 14.4 Å². The molecule has 6 aromatic carbocycles. The van der Waals surface area contributed by atoms with Crippen LogP contribution >= 0.6 is 11.6 Å². The molecule has 3 aromatic heterocycles. The second kappa shape index (κ2) is 28.5. The van der Waals surface area contributed by atoms with Crippen molar-refractivity contribution in [3.8, 4) is 68.3 Å². The van der Waals surface area contributed by atoms with Gasteiger partial charge in [-0.1, -0.05) is 72.8 Å². The molecular formula is C80H71ClF6N6O15. The summed E-state index contributed by atoms with van der Waals surface area (Å²) >= 11 is 5.51. The number of aromatic nitrogens is 3. The van der Waals surface area contributed by atoms with E-state index >= 15 is 0 Å². The molecule has 0 bridgehead atoms. The van der Waals surface area contributed by atoms with Gasteiger partial charge in [-0.05, 0) is 237 Å². The van der Waals surface area contributed by atoms with E-state index in [1.54, 1.807) is 106 Å². The number of hydrogen-bond acceptors (Lipinski definition) is 18. The van der Waals surface area contributed by atoms with Crippen molar-refractivity contribution in [2.45, 2.75) is 147 Å². The number of aryl methyl sites for hydroxylation is 3. The minimum absolute atomic E-state index is 0.0310. The van der Waals surface area contributed by atoms with Crippen LogP contribution in [0.1, 0.15) is 145 Å². The molecule has 3 aliphatic carbocycles. The Morgan fingerprint density at radius 2 is 0.741 bits per heavy atom. The van der Waals surface area contributed by atoms with Gasteiger partial charge in [0.25, 0.3) is 0 Å². The first kappa shape index (κ1) is 75.9. The van der Waals surface area contributed by atoms with E-state index in [1.165, 1.54) is 48.5 Å². The number of carboxylic acids is 1. The normalized spacial score (nSPS) is 16.6. The van der Waals surface area contributed by atoms with Crippen molar-refractivity contribution in [3.63, 3.8) is 0 Å². The number of carbonyl (C=O) groups is 6. The van der Waals surface area contributed by atoms with Crippen molar-refractivity contribution in [1.82, 2.24) is 15.0 Å². The lowest BCUT2D eigenvalue weighted by atomic mass is 9.94. The fourth-order valence-corrected chi connectivity index (χ4v) is 12.5. The summed E-state index contributed by atoms with van der Waals surface area (Å²) in [5, 5.41) is 14.5. The number of benzene rings is 6. The van der Waals surface area contributed by atoms with Gasteiger partial charge < -0.3 is 59.4 Å². The van der Waals surface area contributed by atoms with Crippen LogP contribution in [0.5, 0.6) is 34.5 Å². The molecule has 0 atom stereocenters. The van der Waals surface area contributed by atoms with Gasteiger partial charge in [0.05, 0.1) is 50.0 Å². The van der Waals surface area contributed by atoms with Gasteiger partial charge in [-0.2, -0.15) is 0 Å². The minimum atomic E-state index is -3.72. The lowest BCUT2D eigenvalue weighted by molar-refractivity contribution is -0.287. The van der Waals surface area contributed by atoms with Gasteiger partial charge in [0.1, 0.15) is 28.7 Å². The lowest BCUT2D eigenvalue weighted by Gasteiger charge is -2.19. The summed E-state index contributed by atoms with van der Waals surface area (Å²) in [6.07, 6.45) is -7.60. The molecule has 6 aliphatic rings. The average molecular weight is 1510 g/mol. The third-order valence-corrected chi connectivity index (χ3v) is 18.4. The summed E-state index contributed by atoms with van der Waals surface area (Å²) in [6.45, 7) is 16.6. The summed E-state index contributed by atoms with van der Waals surface area (Å²) in [4.78, 5) is 87.2. The number of nitrogens with zero attached hydrogens (tertiary/aromatic N) is 3. The van der Waals surface area contributed by atoms with E-state index in [0.717, 1.165) is 27.9 Å². The van der Waals surface area contributed by atoms with Crippen LogP contribution in [0.2, 0.25) is 0 Å². The summed E-state index contributed by atoms with van der Waals surface area (Å²) in [5.41, 5.74) is 11.7. The summed E-state index contributed by atoms with van der Waals surface area (Å²) in [6, 6.07) is 44.4. The zero-order valence-corrected chi connectivity index (χ0v) is 60.3. The van der Waals surface area contributed by atoms with Crippen molar-refractivity contribution in [2.75, 3.05) is 16.4 Å². The topological polar surface area (TPSA) is 285 Å². The van der Waals surface area contributed by atoms with Gasteiger partial charge in [-0.15, -0.1) is 26.3 Å². The number of fused-ring (bicyclic) bond motifs is 3. The maximum atomic E-state index is 13.4. The average Bonchev–Trinajstić information content (AvgIpc) is 1.60. The second-order valence-corrected chi connectivity index (χ2v) is 28.9. The zero-order chi connectivity index (χ0) is 77.8. The fraction of sp³-hybridized carbons (Fsp3) is 0.287. The number of nitrogens with two attached hydrogens (primary N) is 1. The number of esters is 2. The second-order valence-electron chi connectivity index (χ2n) is 28.6. The van der Waals surface area contributed by atoms with E-state index in [4.69, 9.17) is 26.8 Å². The standard InChI is InChI=1S/C28H26F2N2O5.C24H18F2N2O5.C17H20N2O2.C11H7ClF2O3/c1-16-8-11-22(31-23(16)17-6-5-7-18(14-17)24(33)37-26(2,3)4)32-25(34)27(12-13-27)19-9-10-20-21(15-19)36-28(29,30)35-20;1-13-5-8-19(27-20(13)14-3-2-4-15(11-14)21(29)30)28-22(31)23(9-10-23)16-6-7-17-18(12-16)33-24(25,26)32-17;1-11-8-9-14(18)19-15(11)12-6-5-7-13(10-12)16(20)21-17(2,3)4;12-9(15)10(3-4-10)6-1-2-7-8(5-6)17-11(13,14)16-7/h5-11,14-15H,12-13H2,1-4H3,(H,31,32,34);2-8,11-12H,9-10H2,1H3,(H,29,30)(H,27,28,31);5-10H,1-4H3,(H2,18,19);1-2,5H,3-4H2. The largest absolute Gasteiger partial charge is 0.586 e. The van der Waals surface area contributed by atoms with Crippen LogP contribution in [0.25, 0.3) is 33.8 Å². The molecule has 2 amide bonds. The molecule has 6 heterocycles. The van der Waals surface area contributed by atoms with E-state index in [0.29, 0.717) is 106 Å². The number of nitrogen functional groups attached to an aromatic ring is 1. The van der Waals surface area contributed by atoms with Crippen LogP contribution in [0, 0.1) is 20.8 Å². The van der Waals surface area contributed by atoms with Crippen molar-refractivity contribution >= 4 is 64.0 Å². The quantitative estimate of drug-likeness (QED) is 0.0447. The summed E-state index contributed by atoms with van der Waals surface area (Å²) in [5.74, 6) is -1.75. The number of ether oxygens (including phenoxy) is 8. The number of nitrogens with one attached hydrogen (secondary N) is 2. The van der Waals surface area contributed by atoms with Crippen molar-refractivity contribution < 1.29 is 98.1 Å². The van der Waals surface area contributed by atoms with E-state index in [1.807, 2.05) is 71.9 Å². The van der Waals surface area contributed by atoms with Crippen LogP contribution in [-0.4, -0.2) is 85.1 Å². The van der Waals surface area contributed by atoms with Crippen LogP contribution in [-0.2, 0) is 40.1 Å². The molecule has 3 aliphatic heterocycles. The van der Waals surface area contributed by atoms with Crippen molar-refractivity contribution in [2.24, 2.45) is 0 Å². The Kier molecular flexibility index (Phi) is 20.1. The first-order valence-electron chi connectivity index (χ1n) is 33.9. The SMILES string of the molecule is Cc1ccc(N)nc1-c1cccc(C(=O)OC(C)(C)C)c1.Cc1ccc(NC(=O)C2(c3ccc4c(c3)OC(F)(F)O4)CC2)nc1-c1cccc(C(=O)O)c1.Cc1ccc(NC(=O)C2(c3ccc4c(c3)OC(F)(F)O4)CC2)nc1-c1cccc(C(=O)OC(C)(C)C)c1.O=C(Cl)C1(c2ccc3c(c2)OC(F)(F)O3)CC1. The number of alkyl halides is 6. The fourth-order valence-electron chi connectivity index (χ4n) is 12.2. The predicted molar refractivity (Wildman–Crippen MR) is 384 cm³/mol. The highest BCUT2D eigenvalue weighted by Crippen LogP contribution is 2.56. The van der Waals surface area contributed by atoms with Crippen LogP contribution in [0.4, 0.5) is 43.8 Å². The number of amides is 2. The Morgan fingerprint density at radius 3 is 1.07 bits per heavy atom. The molecule has 0 saturated heterocycles. The van der Waals surface area contributed by atoms with Gasteiger partial charge in [0, 0.05) is 16.7 Å². The van der Waals surface area contributed by atoms with Crippen molar-refractivity contribution in [3.05, 3.63) is 214 Å². The monoisotopic (exact) mass is 1500 g/mol. The summed E-state index contributed by atoms with van der Waals surface area (Å²) < 4.78 is 117. The highest BCUT2D eigenvalue weighted by atomic mass is 35.5. The number of rotatable bonds is 14. The van der Waals surface area contributed by atoms with Gasteiger partial charge in [0.15, 0.2) is 34.5 Å². The molecule has 5 N–H and O–H groups in total. The van der Waals surface area contributed by atoms with Crippen LogP contribution < -0.4 is 44.8 Å². The third kappa shape index (κ3) is 17.1. The first-order valence-corrected chi connectivity index (χ1v) is 34.3. The van der Waals surface area contributed by atoms with Crippen LogP contribution in [0.15, 0.2) is 164 Å². The highest BCUT2D eigenvalue weighted by Gasteiger charge is 2.55. The molecule has 3 saturated carbocycles. The number of halogens is 7. The molecule has 0 radical (unpaired) electrons. The van der Waals surface area contributed by atoms with E-state index < -0.39 is 63.5 Å². The predicted octanol–water partition coefficient (Wildman–Crippen LogP) is 17.2. The first-order chi connectivity index (χ1) is 50.7. The number of pyridine rings is 3. The Morgan fingerprint density at radius 1 is 0.426 bits per heavy atom. The molecule has 0 unspecified atom stereocenters. The molecule has 15 rings (SSSR count). The molecule has 108 heavy (non-hydrogen) atoms. The molecule has 3 fully saturated rings. The van der Waals surface area contributed by atoms with E-state index in [2.05, 4.69) is 54.0 Å². The Balaban J connectivity index is 0.000000140. The van der Waals surface area contributed by atoms with E-state index in [9.17, 15) is 60.2 Å². The number of aromatic carboxylic acids is 1. The molecule has 21 nitrogen and oxygen atoms in total. The van der Waals surface area contributed by atoms with Gasteiger partial charge >= 0.3 is 36.8 Å². The van der Waals surface area contributed by atoms with Gasteiger partial charge in [0.2, 0.25) is 17.1 Å². The molecular weight excluding hydrogens is 1430 g/mol. The Labute approximate surface area is 620 Å². The number of anilines is 3. The third-order valence-electron chi connectivity index (χ3n) is 18.1. The number of carbonyl (C=O) groups excluding carboxylic acids is 5. The zero-order valence-electron chi connectivity index (χ0n) is 59.6. The highest BCUT2D eigenvalue weighted by molar-refractivity contribution is 6.66. The van der Waals surface area contributed by atoms with Crippen LogP contribution in [0.3, 0.4) is 0 Å². The Bertz CT molecular complexity index is 5110. The molecule has 560 valence electrons. The van der Waals surface area contributed by atoms with E-state index in [-0.39, 0.29) is 57.8 Å². The van der Waals surface area contributed by atoms with Crippen molar-refractivity contribution in [1.29, 1.82) is 0 Å². The maximum Gasteiger partial charge on any atom is 0.586 e. The maximum absolute atomic E-state index is 13.4. The van der Waals surface area contributed by atoms with Gasteiger partial charge in [-0.25, -0.2) is 29.3 Å². The number of hydrogen-bond donors (Lipinski definition) is 4. The number of carboxylic acid groups (broad SMARTS) is 1. The Hall–Kier alpha value is -11.7. The smallest absolute Gasteiger partial charge is 0.478 e. The minimum Gasteiger partial charge on any atom is -0.478 e. The molecule has 28 heteroatoms. The lowest BCUT2D eigenvalue weighted by Crippen LogP contribution is -2.28. The molecule has 9 aromatic rings. The molecule has 0 spiro atoms.